The number of aryl methyl sites for hydroxylation is 1. The van der Waals surface area contributed by atoms with Crippen LogP contribution in [0, 0.1) is 10.1 Å². The van der Waals surface area contributed by atoms with Crippen molar-refractivity contribution >= 4 is 17.6 Å². The molecule has 2 aromatic rings. The fourth-order valence-corrected chi connectivity index (χ4v) is 2.25. The highest BCUT2D eigenvalue weighted by Crippen LogP contribution is 2.33. The second-order valence-electron chi connectivity index (χ2n) is 5.37. The Labute approximate surface area is 140 Å². The van der Waals surface area contributed by atoms with Crippen LogP contribution in [0.2, 0.25) is 0 Å². The number of benzene rings is 2. The lowest BCUT2D eigenvalue weighted by Gasteiger charge is -2.06. The van der Waals surface area contributed by atoms with Crippen LogP contribution in [0.15, 0.2) is 41.4 Å². The zero-order chi connectivity index (χ0) is 17.5. The van der Waals surface area contributed by atoms with Gasteiger partial charge in [-0.3, -0.25) is 15.1 Å². The topological polar surface area (TPSA) is 85.0 Å². The average Bonchev–Trinajstić information content (AvgIpc) is 2.59. The van der Waals surface area contributed by atoms with Gasteiger partial charge in [0.25, 0.3) is 5.69 Å². The van der Waals surface area contributed by atoms with Gasteiger partial charge in [-0.25, -0.2) is 0 Å². The Morgan fingerprint density at radius 2 is 2.00 bits per heavy atom. The number of unbranched alkanes of at least 4 members (excludes halogenated alkanes) is 1. The van der Waals surface area contributed by atoms with Crippen molar-refractivity contribution in [2.24, 2.45) is 4.99 Å². The summed E-state index contributed by atoms with van der Waals surface area (Å²) >= 11 is 0. The van der Waals surface area contributed by atoms with E-state index in [4.69, 9.17) is 4.74 Å². The number of non-ortho nitro benzene ring substituents is 1. The molecule has 6 heteroatoms. The van der Waals surface area contributed by atoms with E-state index in [1.54, 1.807) is 0 Å². The molecule has 0 aliphatic heterocycles. The number of nitro groups is 1. The lowest BCUT2D eigenvalue weighted by atomic mass is 10.1. The molecule has 1 N–H and O–H groups in total. The molecule has 0 spiro atoms. The number of methoxy groups -OCH3 is 1. The van der Waals surface area contributed by atoms with Gasteiger partial charge in [-0.1, -0.05) is 25.5 Å². The van der Waals surface area contributed by atoms with Crippen molar-refractivity contribution in [3.05, 3.63) is 57.6 Å². The highest BCUT2D eigenvalue weighted by Gasteiger charge is 2.15. The van der Waals surface area contributed by atoms with Crippen LogP contribution in [0.5, 0.6) is 11.5 Å². The van der Waals surface area contributed by atoms with Gasteiger partial charge < -0.3 is 9.84 Å². The molecule has 0 saturated carbocycles. The molecule has 2 rings (SSSR count). The van der Waals surface area contributed by atoms with Crippen LogP contribution in [-0.2, 0) is 6.42 Å². The fraction of sp³-hybridized carbons (Fsp3) is 0.278. The van der Waals surface area contributed by atoms with Crippen molar-refractivity contribution in [1.82, 2.24) is 0 Å². The van der Waals surface area contributed by atoms with Gasteiger partial charge in [0.1, 0.15) is 0 Å². The van der Waals surface area contributed by atoms with Gasteiger partial charge in [-0.15, -0.1) is 0 Å². The summed E-state index contributed by atoms with van der Waals surface area (Å²) < 4.78 is 4.97. The maximum Gasteiger partial charge on any atom is 0.274 e. The predicted molar refractivity (Wildman–Crippen MR) is 93.6 cm³/mol. The van der Waals surface area contributed by atoms with Gasteiger partial charge in [-0.05, 0) is 30.5 Å². The van der Waals surface area contributed by atoms with Gasteiger partial charge in [0.05, 0.1) is 23.8 Å². The minimum Gasteiger partial charge on any atom is -0.504 e. The van der Waals surface area contributed by atoms with Crippen LogP contribution in [0.3, 0.4) is 0 Å². The van der Waals surface area contributed by atoms with E-state index in [9.17, 15) is 15.2 Å². The second-order valence-corrected chi connectivity index (χ2v) is 5.37. The molecule has 0 fully saturated rings. The molecule has 0 heterocycles. The number of phenolic OH excluding ortho intramolecular Hbond substituents is 1. The molecule has 2 aromatic carbocycles. The quantitative estimate of drug-likeness (QED) is 0.463. The molecule has 24 heavy (non-hydrogen) atoms. The zero-order valence-corrected chi connectivity index (χ0v) is 13.7. The van der Waals surface area contributed by atoms with E-state index in [0.717, 1.165) is 19.3 Å². The number of aliphatic imine (C=N–C) groups is 1. The molecule has 0 radical (unpaired) electrons. The van der Waals surface area contributed by atoms with Gasteiger partial charge >= 0.3 is 0 Å². The molecule has 0 aromatic heterocycles. The summed E-state index contributed by atoms with van der Waals surface area (Å²) in [6.45, 7) is 2.15. The Bertz CT molecular complexity index is 739. The van der Waals surface area contributed by atoms with E-state index in [0.29, 0.717) is 5.69 Å². The Hall–Kier alpha value is -2.89. The largest absolute Gasteiger partial charge is 0.504 e. The Morgan fingerprint density at radius 3 is 2.58 bits per heavy atom. The number of rotatable bonds is 7. The third-order valence-corrected chi connectivity index (χ3v) is 3.63. The number of ether oxygens (including phenoxy) is 1. The monoisotopic (exact) mass is 328 g/mol. The molecule has 0 saturated heterocycles. The standard InChI is InChI=1S/C18H20N2O4/c1-3-4-5-13-6-8-15(9-7-13)19-12-14-10-16(20(22)23)11-17(24-2)18(14)21/h6-12,21H,3-5H2,1-2H3. The fourth-order valence-electron chi connectivity index (χ4n) is 2.25. The first-order valence-electron chi connectivity index (χ1n) is 7.73. The molecule has 0 aliphatic carbocycles. The van der Waals surface area contributed by atoms with E-state index in [1.807, 2.05) is 24.3 Å². The first-order chi connectivity index (χ1) is 11.5. The molecule has 0 amide bonds. The second kappa shape index (κ2) is 8.10. The van der Waals surface area contributed by atoms with Gasteiger partial charge in [0, 0.05) is 17.8 Å². The molecular weight excluding hydrogens is 308 g/mol. The highest BCUT2D eigenvalue weighted by atomic mass is 16.6. The molecular formula is C18H20N2O4. The van der Waals surface area contributed by atoms with E-state index >= 15 is 0 Å². The molecule has 126 valence electrons. The summed E-state index contributed by atoms with van der Waals surface area (Å²) in [5.74, 6) is -0.132. The number of phenols is 1. The Morgan fingerprint density at radius 1 is 1.29 bits per heavy atom. The average molecular weight is 328 g/mol. The first kappa shape index (κ1) is 17.5. The summed E-state index contributed by atoms with van der Waals surface area (Å²) in [7, 11) is 1.34. The predicted octanol–water partition coefficient (Wildman–Crippen LogP) is 4.40. The minimum atomic E-state index is -0.540. The van der Waals surface area contributed by atoms with E-state index in [2.05, 4.69) is 11.9 Å². The molecule has 0 bridgehead atoms. The maximum atomic E-state index is 11.0. The molecule has 6 nitrogen and oxygen atoms in total. The lowest BCUT2D eigenvalue weighted by Crippen LogP contribution is -1.94. The van der Waals surface area contributed by atoms with E-state index in [1.165, 1.54) is 31.0 Å². The van der Waals surface area contributed by atoms with Gasteiger partial charge in [0.2, 0.25) is 0 Å². The van der Waals surface area contributed by atoms with Crippen LogP contribution in [0.25, 0.3) is 0 Å². The summed E-state index contributed by atoms with van der Waals surface area (Å²) in [4.78, 5) is 14.7. The first-order valence-corrected chi connectivity index (χ1v) is 7.73. The summed E-state index contributed by atoms with van der Waals surface area (Å²) in [6.07, 6.45) is 4.72. The maximum absolute atomic E-state index is 11.0. The number of hydrogen-bond donors (Lipinski definition) is 1. The number of aromatic hydroxyl groups is 1. The summed E-state index contributed by atoms with van der Waals surface area (Å²) in [5, 5.41) is 21.0. The Kier molecular flexibility index (Phi) is 5.89. The number of hydrogen-bond acceptors (Lipinski definition) is 5. The SMILES string of the molecule is CCCCc1ccc(N=Cc2cc([N+](=O)[O-])cc(OC)c2O)cc1. The summed E-state index contributed by atoms with van der Waals surface area (Å²) in [5.41, 5.74) is 2.02. The Balaban J connectivity index is 2.24. The molecule has 0 unspecified atom stereocenters. The smallest absolute Gasteiger partial charge is 0.274 e. The van der Waals surface area contributed by atoms with Crippen molar-refractivity contribution in [3.8, 4) is 11.5 Å². The van der Waals surface area contributed by atoms with Crippen LogP contribution >= 0.6 is 0 Å². The molecule has 0 atom stereocenters. The van der Waals surface area contributed by atoms with Gasteiger partial charge in [-0.2, -0.15) is 0 Å². The van der Waals surface area contributed by atoms with Crippen LogP contribution in [0.1, 0.15) is 30.9 Å². The zero-order valence-electron chi connectivity index (χ0n) is 13.7. The normalized spacial score (nSPS) is 10.9. The van der Waals surface area contributed by atoms with Crippen molar-refractivity contribution in [2.45, 2.75) is 26.2 Å². The van der Waals surface area contributed by atoms with Crippen molar-refractivity contribution in [2.75, 3.05) is 7.11 Å². The van der Waals surface area contributed by atoms with Crippen molar-refractivity contribution < 1.29 is 14.8 Å². The summed E-state index contributed by atoms with van der Waals surface area (Å²) in [6, 6.07) is 10.2. The van der Waals surface area contributed by atoms with Crippen LogP contribution in [0.4, 0.5) is 11.4 Å². The van der Waals surface area contributed by atoms with E-state index < -0.39 is 4.92 Å². The van der Waals surface area contributed by atoms with Gasteiger partial charge in [0.15, 0.2) is 11.5 Å². The lowest BCUT2D eigenvalue weighted by molar-refractivity contribution is -0.385. The highest BCUT2D eigenvalue weighted by molar-refractivity contribution is 5.87. The number of nitro benzene ring substituents is 1. The van der Waals surface area contributed by atoms with Crippen molar-refractivity contribution in [3.63, 3.8) is 0 Å². The number of nitrogens with zero attached hydrogens (tertiary/aromatic N) is 2. The van der Waals surface area contributed by atoms with Crippen LogP contribution in [-0.4, -0.2) is 23.4 Å². The van der Waals surface area contributed by atoms with E-state index in [-0.39, 0.29) is 22.7 Å². The van der Waals surface area contributed by atoms with Crippen molar-refractivity contribution in [1.29, 1.82) is 0 Å². The molecule has 0 aliphatic rings. The third-order valence-electron chi connectivity index (χ3n) is 3.63. The van der Waals surface area contributed by atoms with Crippen LogP contribution < -0.4 is 4.74 Å². The third kappa shape index (κ3) is 4.32. The minimum absolute atomic E-state index is 0.0422.